The number of methoxy groups -OCH3 is 3. The first-order valence-electron chi connectivity index (χ1n) is 11.6. The highest BCUT2D eigenvalue weighted by molar-refractivity contribution is 6.46. The van der Waals surface area contributed by atoms with Gasteiger partial charge < -0.3 is 24.2 Å². The Bertz CT molecular complexity index is 1330. The molecule has 1 amide bonds. The highest BCUT2D eigenvalue weighted by Gasteiger charge is 2.45. The molecule has 0 spiro atoms. The summed E-state index contributed by atoms with van der Waals surface area (Å²) in [4.78, 5) is 28.0. The average Bonchev–Trinajstić information content (AvgIpc) is 3.16. The maximum Gasteiger partial charge on any atom is 0.295 e. The lowest BCUT2D eigenvalue weighted by atomic mass is 9.94. The first-order valence-corrected chi connectivity index (χ1v) is 11.6. The van der Waals surface area contributed by atoms with Gasteiger partial charge in [-0.2, -0.15) is 0 Å². The molecule has 0 aliphatic carbocycles. The second kappa shape index (κ2) is 10.6. The number of carbonyl (C=O) groups is 2. The number of likely N-dealkylation sites (tertiary alicyclic amines) is 1. The third-order valence-electron chi connectivity index (χ3n) is 6.33. The second-order valence-corrected chi connectivity index (χ2v) is 8.58. The van der Waals surface area contributed by atoms with E-state index in [9.17, 15) is 14.7 Å². The van der Waals surface area contributed by atoms with Crippen LogP contribution < -0.4 is 14.2 Å². The molecule has 3 aromatic rings. The molecule has 0 saturated carbocycles. The van der Waals surface area contributed by atoms with Crippen molar-refractivity contribution in [2.45, 2.75) is 19.4 Å². The fourth-order valence-corrected chi connectivity index (χ4v) is 4.51. The molecular formula is C29H29NO6. The van der Waals surface area contributed by atoms with Crippen LogP contribution in [0.1, 0.15) is 28.3 Å². The largest absolute Gasteiger partial charge is 0.507 e. The summed E-state index contributed by atoms with van der Waals surface area (Å²) in [6.45, 7) is 2.22. The molecular weight excluding hydrogens is 458 g/mol. The average molecular weight is 488 g/mol. The number of hydrogen-bond acceptors (Lipinski definition) is 6. The molecule has 0 aromatic heterocycles. The van der Waals surface area contributed by atoms with E-state index in [-0.39, 0.29) is 17.9 Å². The third-order valence-corrected chi connectivity index (χ3v) is 6.33. The van der Waals surface area contributed by atoms with Crippen molar-refractivity contribution in [2.75, 3.05) is 27.9 Å². The Morgan fingerprint density at radius 2 is 1.64 bits per heavy atom. The van der Waals surface area contributed by atoms with Gasteiger partial charge >= 0.3 is 0 Å². The summed E-state index contributed by atoms with van der Waals surface area (Å²) in [5.74, 6) is 0.145. The van der Waals surface area contributed by atoms with Crippen LogP contribution in [0, 0.1) is 6.92 Å². The predicted molar refractivity (Wildman–Crippen MR) is 136 cm³/mol. The summed E-state index contributed by atoms with van der Waals surface area (Å²) >= 11 is 0. The van der Waals surface area contributed by atoms with Gasteiger partial charge in [0.15, 0.2) is 11.5 Å². The molecule has 3 aromatic carbocycles. The number of carbonyl (C=O) groups excluding carboxylic acids is 2. The van der Waals surface area contributed by atoms with Gasteiger partial charge in [-0.05, 0) is 48.7 Å². The predicted octanol–water partition coefficient (Wildman–Crippen LogP) is 4.69. The van der Waals surface area contributed by atoms with Crippen molar-refractivity contribution in [1.29, 1.82) is 0 Å². The zero-order valence-corrected chi connectivity index (χ0v) is 20.8. The highest BCUT2D eigenvalue weighted by atomic mass is 16.5. The van der Waals surface area contributed by atoms with Crippen molar-refractivity contribution in [3.8, 4) is 17.2 Å². The number of Topliss-reactive ketones (excluding diaryl/α,β-unsaturated/α-hetero) is 1. The minimum atomic E-state index is -0.726. The number of ether oxygens (including phenoxy) is 3. The number of rotatable bonds is 8. The van der Waals surface area contributed by atoms with E-state index in [1.165, 1.54) is 12.0 Å². The van der Waals surface area contributed by atoms with E-state index in [2.05, 4.69) is 0 Å². The number of aliphatic hydroxyl groups is 1. The molecule has 1 fully saturated rings. The molecule has 0 radical (unpaired) electrons. The Hall–Kier alpha value is -4.26. The Morgan fingerprint density at radius 3 is 2.33 bits per heavy atom. The van der Waals surface area contributed by atoms with Crippen LogP contribution in [-0.4, -0.2) is 49.6 Å². The summed E-state index contributed by atoms with van der Waals surface area (Å²) in [5, 5.41) is 11.3. The van der Waals surface area contributed by atoms with E-state index in [0.29, 0.717) is 29.2 Å². The number of benzene rings is 3. The molecule has 1 unspecified atom stereocenters. The van der Waals surface area contributed by atoms with Gasteiger partial charge in [-0.25, -0.2) is 0 Å². The van der Waals surface area contributed by atoms with E-state index in [1.807, 2.05) is 49.4 Å². The molecule has 1 heterocycles. The Morgan fingerprint density at radius 1 is 0.889 bits per heavy atom. The normalized spacial score (nSPS) is 16.8. The summed E-state index contributed by atoms with van der Waals surface area (Å²) in [6.07, 6.45) is 0.481. The molecule has 4 rings (SSSR count). The lowest BCUT2D eigenvalue weighted by Gasteiger charge is -2.26. The van der Waals surface area contributed by atoms with Gasteiger partial charge in [-0.1, -0.05) is 48.0 Å². The van der Waals surface area contributed by atoms with Gasteiger partial charge in [0, 0.05) is 12.1 Å². The lowest BCUT2D eigenvalue weighted by molar-refractivity contribution is -0.139. The SMILES string of the molecule is COc1cccc(/C(O)=C2\C(=O)C(=O)N(CCc3ccc(OC)c(OC)c3)C2c2cccc(C)c2)c1. The summed E-state index contributed by atoms with van der Waals surface area (Å²) in [7, 11) is 4.66. The van der Waals surface area contributed by atoms with Crippen molar-refractivity contribution in [3.05, 3.63) is 94.6 Å². The van der Waals surface area contributed by atoms with Crippen LogP contribution in [-0.2, 0) is 16.0 Å². The fraction of sp³-hybridized carbons (Fsp3) is 0.241. The molecule has 1 aliphatic heterocycles. The molecule has 1 aliphatic rings. The second-order valence-electron chi connectivity index (χ2n) is 8.58. The number of amides is 1. The van der Waals surface area contributed by atoms with Crippen molar-refractivity contribution in [3.63, 3.8) is 0 Å². The van der Waals surface area contributed by atoms with Crippen molar-refractivity contribution >= 4 is 17.4 Å². The lowest BCUT2D eigenvalue weighted by Crippen LogP contribution is -2.31. The van der Waals surface area contributed by atoms with Gasteiger partial charge in [-0.3, -0.25) is 9.59 Å². The number of ketones is 1. The summed E-state index contributed by atoms with van der Waals surface area (Å²) < 4.78 is 16.0. The zero-order valence-electron chi connectivity index (χ0n) is 20.8. The topological polar surface area (TPSA) is 85.3 Å². The number of nitrogens with zero attached hydrogens (tertiary/aromatic N) is 1. The van der Waals surface area contributed by atoms with Crippen molar-refractivity contribution in [2.24, 2.45) is 0 Å². The van der Waals surface area contributed by atoms with Crippen LogP contribution in [0.25, 0.3) is 5.76 Å². The number of aliphatic hydroxyl groups excluding tert-OH is 1. The minimum absolute atomic E-state index is 0.0613. The van der Waals surface area contributed by atoms with E-state index < -0.39 is 17.7 Å². The van der Waals surface area contributed by atoms with Crippen molar-refractivity contribution in [1.82, 2.24) is 4.90 Å². The van der Waals surface area contributed by atoms with Gasteiger partial charge in [-0.15, -0.1) is 0 Å². The van der Waals surface area contributed by atoms with Gasteiger partial charge in [0.2, 0.25) is 0 Å². The number of hydrogen-bond donors (Lipinski definition) is 1. The molecule has 7 heteroatoms. The van der Waals surface area contributed by atoms with Gasteiger partial charge in [0.1, 0.15) is 11.5 Å². The molecule has 186 valence electrons. The Balaban J connectivity index is 1.75. The Kier molecular flexibility index (Phi) is 7.29. The molecule has 1 N–H and O–H groups in total. The smallest absolute Gasteiger partial charge is 0.295 e. The van der Waals surface area contributed by atoms with Crippen LogP contribution in [0.2, 0.25) is 0 Å². The number of aryl methyl sites for hydroxylation is 1. The van der Waals surface area contributed by atoms with Crippen LogP contribution in [0.15, 0.2) is 72.3 Å². The maximum absolute atomic E-state index is 13.3. The summed E-state index contributed by atoms with van der Waals surface area (Å²) in [6, 6.07) is 19.3. The quantitative estimate of drug-likeness (QED) is 0.282. The first kappa shape index (κ1) is 24.9. The molecule has 36 heavy (non-hydrogen) atoms. The van der Waals surface area contributed by atoms with Gasteiger partial charge in [0.25, 0.3) is 11.7 Å². The van der Waals surface area contributed by atoms with E-state index in [4.69, 9.17) is 14.2 Å². The zero-order chi connectivity index (χ0) is 25.8. The van der Waals surface area contributed by atoms with E-state index in [0.717, 1.165) is 16.7 Å². The van der Waals surface area contributed by atoms with Crippen LogP contribution in [0.5, 0.6) is 17.2 Å². The third kappa shape index (κ3) is 4.77. The first-order chi connectivity index (χ1) is 17.4. The van der Waals surface area contributed by atoms with E-state index >= 15 is 0 Å². The van der Waals surface area contributed by atoms with E-state index in [1.54, 1.807) is 38.5 Å². The van der Waals surface area contributed by atoms with Crippen molar-refractivity contribution < 1.29 is 28.9 Å². The molecule has 1 atom stereocenters. The van der Waals surface area contributed by atoms with Gasteiger partial charge in [0.05, 0.1) is 32.9 Å². The molecule has 7 nitrogen and oxygen atoms in total. The molecule has 1 saturated heterocycles. The molecule has 0 bridgehead atoms. The van der Waals surface area contributed by atoms with Crippen LogP contribution >= 0.6 is 0 Å². The fourth-order valence-electron chi connectivity index (χ4n) is 4.51. The highest BCUT2D eigenvalue weighted by Crippen LogP contribution is 2.40. The Labute approximate surface area is 210 Å². The van der Waals surface area contributed by atoms with Crippen LogP contribution in [0.4, 0.5) is 0 Å². The minimum Gasteiger partial charge on any atom is -0.507 e. The maximum atomic E-state index is 13.3. The summed E-state index contributed by atoms with van der Waals surface area (Å²) in [5.41, 5.74) is 3.13. The van der Waals surface area contributed by atoms with Crippen LogP contribution in [0.3, 0.4) is 0 Å². The standard InChI is InChI=1S/C29H29NO6/c1-18-7-5-8-20(15-18)26-25(27(31)21-9-6-10-22(17-21)34-2)28(32)29(33)30(26)14-13-19-11-12-23(35-3)24(16-19)36-4/h5-12,15-17,26,31H,13-14H2,1-4H3/b27-25+. The monoisotopic (exact) mass is 487 g/mol.